The van der Waals surface area contributed by atoms with Gasteiger partial charge in [-0.3, -0.25) is 0 Å². The maximum atomic E-state index is 10.9. The van der Waals surface area contributed by atoms with Gasteiger partial charge in [0.1, 0.15) is 23.2 Å². The summed E-state index contributed by atoms with van der Waals surface area (Å²) in [5.41, 5.74) is 2.74. The monoisotopic (exact) mass is 325 g/mol. The summed E-state index contributed by atoms with van der Waals surface area (Å²) in [5.74, 6) is 0. The summed E-state index contributed by atoms with van der Waals surface area (Å²) in [6.07, 6.45) is 1.64. The maximum Gasteiger partial charge on any atom is 0.134 e. The van der Waals surface area contributed by atoms with E-state index in [0.29, 0.717) is 39.5 Å². The van der Waals surface area contributed by atoms with Crippen molar-refractivity contribution in [2.45, 2.75) is 0 Å². The van der Waals surface area contributed by atoms with Gasteiger partial charge in [0.15, 0.2) is 0 Å². The molecule has 0 aromatic rings. The van der Waals surface area contributed by atoms with Crippen molar-refractivity contribution < 1.29 is 18.0 Å². The third-order valence-electron chi connectivity index (χ3n) is 1.83. The minimum atomic E-state index is -1.18. The van der Waals surface area contributed by atoms with Crippen LogP contribution in [0.5, 0.6) is 0 Å². The van der Waals surface area contributed by atoms with Gasteiger partial charge >= 0.3 is 0 Å². The van der Waals surface area contributed by atoms with Crippen molar-refractivity contribution in [1.29, 1.82) is 0 Å². The molecule has 0 bridgehead atoms. The predicted octanol–water partition coefficient (Wildman–Crippen LogP) is 0.576. The standard InChI is InChI=1S/C11H23N3O4S2/c1-4-14(3)19-18-12-6-8-16-10-11-17-9-7-13-20(15)5-2/h4-5,12-13H,1-2,6-11H2,3H3. The first-order chi connectivity index (χ1) is 9.70. The number of ether oxygens (including phenoxy) is 2. The minimum absolute atomic E-state index is 0.481. The Hall–Kier alpha value is -0.420. The molecule has 0 rings (SSSR count). The molecule has 0 aliphatic heterocycles. The first-order valence-corrected chi connectivity index (χ1v) is 7.96. The van der Waals surface area contributed by atoms with Crippen LogP contribution >= 0.6 is 12.2 Å². The van der Waals surface area contributed by atoms with E-state index in [1.807, 2.05) is 7.05 Å². The molecule has 0 saturated carbocycles. The van der Waals surface area contributed by atoms with Crippen molar-refractivity contribution in [3.05, 3.63) is 24.8 Å². The Balaban J connectivity index is 3.08. The van der Waals surface area contributed by atoms with Gasteiger partial charge in [-0.15, -0.1) is 0 Å². The second-order valence-electron chi connectivity index (χ2n) is 3.36. The molecule has 0 amide bonds. The number of rotatable bonds is 15. The summed E-state index contributed by atoms with van der Waals surface area (Å²) in [5, 5.41) is 1.34. The van der Waals surface area contributed by atoms with Gasteiger partial charge in [0.25, 0.3) is 0 Å². The van der Waals surface area contributed by atoms with Crippen LogP contribution in [0.2, 0.25) is 0 Å². The highest BCUT2D eigenvalue weighted by atomic mass is 32.2. The Morgan fingerprint density at radius 2 is 1.85 bits per heavy atom. The number of hydroxylamine groups is 1. The molecule has 0 spiro atoms. The summed E-state index contributed by atoms with van der Waals surface area (Å²) in [4.78, 5) is 0. The van der Waals surface area contributed by atoms with Crippen molar-refractivity contribution in [2.24, 2.45) is 0 Å². The van der Waals surface area contributed by atoms with E-state index in [1.165, 1.54) is 5.41 Å². The fourth-order valence-electron chi connectivity index (χ4n) is 0.866. The summed E-state index contributed by atoms with van der Waals surface area (Å²) in [6, 6.07) is 0. The Kier molecular flexibility index (Phi) is 14.7. The summed E-state index contributed by atoms with van der Waals surface area (Å²) in [6.45, 7) is 10.1. The molecule has 0 aliphatic carbocycles. The molecule has 0 saturated heterocycles. The van der Waals surface area contributed by atoms with E-state index >= 15 is 0 Å². The van der Waals surface area contributed by atoms with Crippen molar-refractivity contribution in [3.63, 3.8) is 0 Å². The normalized spacial score (nSPS) is 12.1. The SMILES string of the molecule is C=CN(C)SONCCOCCOCCNS(=O)C=C. The average molecular weight is 325 g/mol. The molecule has 7 nitrogen and oxygen atoms in total. The van der Waals surface area contributed by atoms with Crippen molar-refractivity contribution in [2.75, 3.05) is 46.6 Å². The molecule has 0 radical (unpaired) electrons. The summed E-state index contributed by atoms with van der Waals surface area (Å²) in [7, 11) is 0.650. The maximum absolute atomic E-state index is 10.9. The Bertz CT molecular complexity index is 282. The van der Waals surface area contributed by atoms with E-state index < -0.39 is 11.0 Å². The van der Waals surface area contributed by atoms with E-state index in [9.17, 15) is 4.21 Å². The first-order valence-electron chi connectivity index (χ1n) is 6.04. The molecule has 1 atom stereocenters. The first kappa shape index (κ1) is 19.6. The van der Waals surface area contributed by atoms with Crippen LogP contribution in [0, 0.1) is 0 Å². The van der Waals surface area contributed by atoms with Crippen LogP contribution in [0.25, 0.3) is 0 Å². The summed E-state index contributed by atoms with van der Waals surface area (Å²) < 4.78 is 31.0. The molecule has 0 heterocycles. The quantitative estimate of drug-likeness (QED) is 0.197. The van der Waals surface area contributed by atoms with Crippen molar-refractivity contribution in [3.8, 4) is 0 Å². The molecule has 118 valence electrons. The van der Waals surface area contributed by atoms with E-state index in [1.54, 1.807) is 10.5 Å². The Morgan fingerprint density at radius 3 is 2.45 bits per heavy atom. The van der Waals surface area contributed by atoms with Gasteiger partial charge < -0.3 is 13.8 Å². The van der Waals surface area contributed by atoms with E-state index in [4.69, 9.17) is 13.8 Å². The fourth-order valence-corrected chi connectivity index (χ4v) is 1.58. The smallest absolute Gasteiger partial charge is 0.134 e. The van der Waals surface area contributed by atoms with Crippen molar-refractivity contribution in [1.82, 2.24) is 14.5 Å². The van der Waals surface area contributed by atoms with E-state index in [-0.39, 0.29) is 0 Å². The van der Waals surface area contributed by atoms with Crippen LogP contribution in [-0.4, -0.2) is 55.1 Å². The van der Waals surface area contributed by atoms with Crippen LogP contribution in [0.15, 0.2) is 24.8 Å². The highest BCUT2D eigenvalue weighted by Crippen LogP contribution is 2.04. The van der Waals surface area contributed by atoms with Crippen LogP contribution in [0.1, 0.15) is 0 Å². The summed E-state index contributed by atoms with van der Waals surface area (Å²) >= 11 is 1.14. The fraction of sp³-hybridized carbons (Fsp3) is 0.636. The zero-order chi connectivity index (χ0) is 15.1. The van der Waals surface area contributed by atoms with E-state index in [2.05, 4.69) is 23.4 Å². The lowest BCUT2D eigenvalue weighted by atomic mass is 10.7. The van der Waals surface area contributed by atoms with Gasteiger partial charge in [-0.2, -0.15) is 5.48 Å². The van der Waals surface area contributed by atoms with Crippen LogP contribution < -0.4 is 10.2 Å². The average Bonchev–Trinajstić information content (AvgIpc) is 2.47. The van der Waals surface area contributed by atoms with Gasteiger partial charge in [-0.25, -0.2) is 13.2 Å². The lowest BCUT2D eigenvalue weighted by molar-refractivity contribution is 0.0437. The second-order valence-corrected chi connectivity index (χ2v) is 5.47. The molecule has 2 N–H and O–H groups in total. The highest BCUT2D eigenvalue weighted by molar-refractivity contribution is 7.92. The molecule has 1 unspecified atom stereocenters. The van der Waals surface area contributed by atoms with Crippen LogP contribution in [-0.2, 0) is 24.7 Å². The predicted molar refractivity (Wildman–Crippen MR) is 82.6 cm³/mol. The zero-order valence-electron chi connectivity index (χ0n) is 11.7. The molecule has 0 aromatic carbocycles. The van der Waals surface area contributed by atoms with Gasteiger partial charge in [0, 0.05) is 31.7 Å². The van der Waals surface area contributed by atoms with Gasteiger partial charge in [0.2, 0.25) is 0 Å². The van der Waals surface area contributed by atoms with E-state index in [0.717, 1.165) is 12.2 Å². The minimum Gasteiger partial charge on any atom is -0.378 e. The second kappa shape index (κ2) is 15.0. The largest absolute Gasteiger partial charge is 0.378 e. The van der Waals surface area contributed by atoms with Gasteiger partial charge in [-0.1, -0.05) is 13.2 Å². The van der Waals surface area contributed by atoms with Gasteiger partial charge in [-0.05, 0) is 0 Å². The van der Waals surface area contributed by atoms with Crippen molar-refractivity contribution >= 4 is 23.2 Å². The number of hydrogen-bond acceptors (Lipinski definition) is 7. The Labute approximate surface area is 127 Å². The van der Waals surface area contributed by atoms with Crippen LogP contribution in [0.3, 0.4) is 0 Å². The number of hydrogen-bond donors (Lipinski definition) is 2. The Morgan fingerprint density at radius 1 is 1.20 bits per heavy atom. The third-order valence-corrected chi connectivity index (χ3v) is 3.20. The molecule has 9 heteroatoms. The molecule has 20 heavy (non-hydrogen) atoms. The number of nitrogens with one attached hydrogen (secondary N) is 2. The molecule has 0 aliphatic rings. The van der Waals surface area contributed by atoms with Gasteiger partial charge in [0.05, 0.1) is 26.4 Å². The highest BCUT2D eigenvalue weighted by Gasteiger charge is 1.94. The third kappa shape index (κ3) is 14.0. The topological polar surface area (TPSA) is 72.1 Å². The molecule has 0 fully saturated rings. The molecular weight excluding hydrogens is 302 g/mol. The number of nitrogens with zero attached hydrogens (tertiary/aromatic N) is 1. The molecular formula is C11H23N3O4S2. The van der Waals surface area contributed by atoms with Crippen LogP contribution in [0.4, 0.5) is 0 Å². The zero-order valence-corrected chi connectivity index (χ0v) is 13.3. The lowest BCUT2D eigenvalue weighted by Gasteiger charge is -2.10. The molecule has 0 aromatic heterocycles. The lowest BCUT2D eigenvalue weighted by Crippen LogP contribution is -2.22.